The Kier molecular flexibility index (Phi) is 18.4. The minimum absolute atomic E-state index is 0.327. The molecule has 0 unspecified atom stereocenters. The lowest BCUT2D eigenvalue weighted by atomic mass is 9.96. The van der Waals surface area contributed by atoms with E-state index in [0.717, 1.165) is 154 Å². The van der Waals surface area contributed by atoms with Gasteiger partial charge in [-0.15, -0.1) is 0 Å². The van der Waals surface area contributed by atoms with E-state index < -0.39 is 13.7 Å². The van der Waals surface area contributed by atoms with Crippen LogP contribution >= 0.6 is 0 Å². The molecule has 0 radical (unpaired) electrons. The second kappa shape index (κ2) is 32.4. The molecule has 0 aliphatic rings. The summed E-state index contributed by atoms with van der Waals surface area (Å²) in [4.78, 5) is 4.82. The summed E-state index contributed by atoms with van der Waals surface area (Å²) in [5, 5.41) is 17.1. The summed E-state index contributed by atoms with van der Waals surface area (Å²) < 4.78 is 82.0. The normalized spacial score (nSPS) is 12.5. The lowest BCUT2D eigenvalue weighted by Gasteiger charge is -2.10. The van der Waals surface area contributed by atoms with Crippen molar-refractivity contribution in [2.45, 2.75) is 55.2 Å². The van der Waals surface area contributed by atoms with Gasteiger partial charge >= 0.3 is 0 Å². The minimum atomic E-state index is -2.23. The van der Waals surface area contributed by atoms with Crippen molar-refractivity contribution < 1.29 is 44.2 Å². The third-order valence-corrected chi connectivity index (χ3v) is 25.5. The fourth-order valence-electron chi connectivity index (χ4n) is 18.8. The molecule has 0 saturated carbocycles. The van der Waals surface area contributed by atoms with Crippen molar-refractivity contribution in [2.75, 3.05) is 0 Å². The van der Waals surface area contributed by atoms with Crippen LogP contribution in [0, 0.1) is 55.2 Å². The molecule has 24 aromatic rings. The molecule has 9 heterocycles. The lowest BCUT2D eigenvalue weighted by Crippen LogP contribution is -2.31. The van der Waals surface area contributed by atoms with E-state index in [0.29, 0.717) is 22.4 Å². The lowest BCUT2D eigenvalue weighted by molar-refractivity contribution is -0.660. The van der Waals surface area contributed by atoms with E-state index in [9.17, 15) is 0 Å². The van der Waals surface area contributed by atoms with Crippen LogP contribution in [0.15, 0.2) is 376 Å². The molecule has 0 bridgehead atoms. The maximum atomic E-state index is 8.13. The highest BCUT2D eigenvalue weighted by Crippen LogP contribution is 2.44. The van der Waals surface area contributed by atoms with E-state index in [-0.39, 0.29) is 0 Å². The molecule has 0 atom stereocenters. The minimum Gasteiger partial charge on any atom is -0.456 e. The van der Waals surface area contributed by atoms with Gasteiger partial charge in [-0.05, 0) is 251 Å². The number of benzene rings is 15. The SMILES string of the molecule is Cc1c[n+](C)c(-c2cc3c(cc2C)oc2cc4ccccc4cc23)cc1-c1ccccc1.Cc1cc2oc3cc4ccccc4cc3c2cc1-c1cc(-c2ccccc2)cc[n+]1C.[2H]C([2H])([2H])c1c[n+](C)c(-c2cc3c(cc2C)oc2cc4ccccc4cc23)cc1-c1ccccc1.[2H]C([2H])([2H])c1c[n+](C)c(-c2cc3oc4nc5c(C)cccc5cc4c3cc2C)cc1-c1ccccc1. The largest absolute Gasteiger partial charge is 0.456 e. The number of pyridine rings is 5. The zero-order valence-electron chi connectivity index (χ0n) is 78.9. The Labute approximate surface area is 751 Å². The fourth-order valence-corrected chi connectivity index (χ4v) is 18.8. The highest BCUT2D eigenvalue weighted by atomic mass is 16.3. The first-order chi connectivity index (χ1) is 64.7. The first-order valence-corrected chi connectivity index (χ1v) is 43.4. The van der Waals surface area contributed by atoms with Gasteiger partial charge in [0.1, 0.15) is 67.3 Å². The predicted molar refractivity (Wildman–Crippen MR) is 529 cm³/mol. The topological polar surface area (TPSA) is 81.0 Å². The number of furan rings is 4. The molecule has 0 N–H and O–H groups in total. The van der Waals surface area contributed by atoms with Crippen LogP contribution in [0.2, 0.25) is 0 Å². The molecule has 0 spiro atoms. The first-order valence-electron chi connectivity index (χ1n) is 46.4. The second-order valence-corrected chi connectivity index (χ2v) is 34.1. The summed E-state index contributed by atoms with van der Waals surface area (Å²) in [6.45, 7) is 8.25. The quantitative estimate of drug-likeness (QED) is 0.142. The van der Waals surface area contributed by atoms with Gasteiger partial charge in [-0.1, -0.05) is 212 Å². The Morgan fingerprint density at radius 3 is 0.945 bits per heavy atom. The van der Waals surface area contributed by atoms with Crippen molar-refractivity contribution in [1.29, 1.82) is 0 Å². The van der Waals surface area contributed by atoms with E-state index in [4.69, 9.17) is 30.9 Å². The molecule has 24 rings (SSSR count). The number of aryl methyl sites for hydroxylation is 12. The summed E-state index contributed by atoms with van der Waals surface area (Å²) in [5.74, 6) is 0. The molecular weight excluding hydrogens is 1560 g/mol. The zero-order chi connectivity index (χ0) is 92.3. The number of para-hydroxylation sites is 1. The van der Waals surface area contributed by atoms with Gasteiger partial charge < -0.3 is 17.7 Å². The molecule has 616 valence electrons. The van der Waals surface area contributed by atoms with Crippen molar-refractivity contribution in [1.82, 2.24) is 4.98 Å². The van der Waals surface area contributed by atoms with Gasteiger partial charge in [0, 0.05) is 120 Å². The highest BCUT2D eigenvalue weighted by molar-refractivity contribution is 6.15. The molecule has 9 aromatic heterocycles. The van der Waals surface area contributed by atoms with Crippen LogP contribution in [-0.2, 0) is 28.2 Å². The number of fused-ring (bicyclic) bond motifs is 16. The third-order valence-electron chi connectivity index (χ3n) is 25.5. The summed E-state index contributed by atoms with van der Waals surface area (Å²) in [6.07, 6.45) is 7.84. The fraction of sp³-hybridized carbons (Fsp3) is 0.101. The number of hydrogen-bond donors (Lipinski definition) is 0. The van der Waals surface area contributed by atoms with Gasteiger partial charge in [0.05, 0.1) is 11.1 Å². The Balaban J connectivity index is 0.000000107. The monoisotopic (exact) mass is 1660 g/mol. The van der Waals surface area contributed by atoms with Gasteiger partial charge in [0.2, 0.25) is 28.5 Å². The van der Waals surface area contributed by atoms with E-state index in [1.807, 2.05) is 120 Å². The van der Waals surface area contributed by atoms with Crippen LogP contribution in [-0.4, -0.2) is 4.98 Å². The standard InChI is InChI=1S/C30H25N2O.2C30H24NO.C29H22NO/c1-18-9-8-12-22-14-26-25-13-19(2)24(16-28(25)33-30(26)31-29(18)22)27-15-23(20(3)17-32(27)4)21-10-6-5-7-11-21;2*1-19-13-29-27(26-14-22-11-7-8-12-23(22)15-30(26)32-29)16-25(19)28-17-24(20(2)18-31(28)3)21-9-5-4-6-10-21;1-19-14-28-26(25-15-21-10-6-7-11-22(21)17-29(25)31-28)18-24(19)27-16-23(12-13-30(27)2)20-8-4-3-5-9-20/h5-17H,1-4H3;2*4-18H,1-3H3;3-18H,1-2H3/q4*+1/i3D3;2D3;;. The molecule has 9 nitrogen and oxygen atoms in total. The van der Waals surface area contributed by atoms with Crippen LogP contribution in [0.1, 0.15) is 52.7 Å². The maximum Gasteiger partial charge on any atom is 0.227 e. The van der Waals surface area contributed by atoms with E-state index >= 15 is 0 Å². The molecule has 15 aromatic carbocycles. The molecule has 128 heavy (non-hydrogen) atoms. The number of nitrogens with zero attached hydrogens (tertiary/aromatic N) is 5. The number of aromatic nitrogens is 5. The average Bonchev–Trinajstić information content (AvgIpc) is 1.58. The van der Waals surface area contributed by atoms with Gasteiger partial charge in [-0.3, -0.25) is 0 Å². The molecule has 0 saturated heterocycles. The van der Waals surface area contributed by atoms with E-state index in [2.05, 4.69) is 314 Å². The van der Waals surface area contributed by atoms with E-state index in [1.165, 1.54) is 88.4 Å². The van der Waals surface area contributed by atoms with Crippen molar-refractivity contribution in [3.63, 3.8) is 0 Å². The maximum absolute atomic E-state index is 8.13. The highest BCUT2D eigenvalue weighted by Gasteiger charge is 2.26. The third kappa shape index (κ3) is 14.6. The first kappa shape index (κ1) is 72.7. The Morgan fingerprint density at radius 1 is 0.219 bits per heavy atom. The summed E-state index contributed by atoms with van der Waals surface area (Å²) >= 11 is 0. The summed E-state index contributed by atoms with van der Waals surface area (Å²) in [6, 6.07) is 115. The van der Waals surface area contributed by atoms with Gasteiger partial charge in [0.25, 0.3) is 0 Å². The second-order valence-electron chi connectivity index (χ2n) is 34.1. The molecule has 0 fully saturated rings. The molecular formula is C119H95N5O4+4. The summed E-state index contributed by atoms with van der Waals surface area (Å²) in [5.41, 5.74) is 32.3. The zero-order valence-corrected chi connectivity index (χ0v) is 72.9. The van der Waals surface area contributed by atoms with Gasteiger partial charge in [0.15, 0.2) is 24.8 Å². The number of hydrogen-bond acceptors (Lipinski definition) is 5. The van der Waals surface area contributed by atoms with E-state index in [1.54, 1.807) is 12.4 Å². The summed E-state index contributed by atoms with van der Waals surface area (Å²) in [7, 11) is 8.03. The van der Waals surface area contributed by atoms with Crippen molar-refractivity contribution in [3.05, 3.63) is 403 Å². The van der Waals surface area contributed by atoms with Crippen LogP contribution < -0.4 is 18.3 Å². The van der Waals surface area contributed by atoms with Crippen molar-refractivity contribution >= 4 is 131 Å². The van der Waals surface area contributed by atoms with Crippen LogP contribution in [0.4, 0.5) is 0 Å². The van der Waals surface area contributed by atoms with Gasteiger partial charge in [-0.25, -0.2) is 23.3 Å². The van der Waals surface area contributed by atoms with Crippen LogP contribution in [0.3, 0.4) is 0 Å². The Morgan fingerprint density at radius 2 is 0.531 bits per heavy atom. The molecule has 0 amide bonds. The molecule has 0 aliphatic heterocycles. The van der Waals surface area contributed by atoms with Crippen LogP contribution in [0.5, 0.6) is 0 Å². The molecule has 0 aliphatic carbocycles. The predicted octanol–water partition coefficient (Wildman–Crippen LogP) is 29.5. The average molecular weight is 1670 g/mol. The van der Waals surface area contributed by atoms with Crippen molar-refractivity contribution in [2.24, 2.45) is 28.2 Å². The Hall–Kier alpha value is -15.7. The molecule has 9 heteroatoms. The van der Waals surface area contributed by atoms with Crippen molar-refractivity contribution in [3.8, 4) is 89.5 Å². The van der Waals surface area contributed by atoms with Crippen LogP contribution in [0.25, 0.3) is 221 Å². The number of rotatable bonds is 8. The Bertz CT molecular complexity index is 8840. The smallest absolute Gasteiger partial charge is 0.227 e. The van der Waals surface area contributed by atoms with Gasteiger partial charge in [-0.2, -0.15) is 0 Å².